The molecule has 0 spiro atoms. The third-order valence-electron chi connectivity index (χ3n) is 8.22. The Morgan fingerprint density at radius 1 is 0.510 bits per heavy atom. The molecule has 2 aromatic heterocycles. The minimum absolute atomic E-state index is 0.215. The maximum absolute atomic E-state index is 13.9. The molecule has 2 heterocycles. The number of rotatable bonds is 22. The van der Waals surface area contributed by atoms with Crippen molar-refractivity contribution < 1.29 is 27.0 Å². The van der Waals surface area contributed by atoms with Crippen LogP contribution in [0.5, 0.6) is 11.5 Å². The third-order valence-corrected chi connectivity index (χ3v) is 10.2. The summed E-state index contributed by atoms with van der Waals surface area (Å²) in [5.41, 5.74) is 2.05. The predicted octanol–water partition coefficient (Wildman–Crippen LogP) is 15.4. The Balaban J connectivity index is 0.000000266. The largest absolute Gasteiger partial charge is 0.433 e. The van der Waals surface area contributed by atoms with E-state index in [1.807, 2.05) is 47.8 Å². The van der Waals surface area contributed by atoms with Gasteiger partial charge in [-0.15, -0.1) is 22.7 Å². The zero-order valence-corrected chi connectivity index (χ0v) is 31.1. The Morgan fingerprint density at radius 2 is 0.939 bits per heavy atom. The van der Waals surface area contributed by atoms with Crippen molar-refractivity contribution >= 4 is 22.7 Å². The van der Waals surface area contributed by atoms with Crippen molar-refractivity contribution in [1.82, 2.24) is 0 Å². The molecule has 0 N–H and O–H groups in total. The molecule has 0 radical (unpaired) electrons. The molecule has 49 heavy (non-hydrogen) atoms. The Hall–Kier alpha value is -2.84. The fourth-order valence-corrected chi connectivity index (χ4v) is 7.04. The average molecular weight is 719 g/mol. The lowest BCUT2D eigenvalue weighted by atomic mass is 10.1. The molecule has 0 amide bonds. The number of aryl methyl sites for hydroxylation is 1. The summed E-state index contributed by atoms with van der Waals surface area (Å²) in [6.07, 6.45) is 7.75. The highest BCUT2D eigenvalue weighted by Gasteiger charge is 2.31. The van der Waals surface area contributed by atoms with Gasteiger partial charge in [0.25, 0.3) is 0 Å². The van der Waals surface area contributed by atoms with Crippen LogP contribution in [0.2, 0.25) is 0 Å². The van der Waals surface area contributed by atoms with Crippen molar-refractivity contribution in [3.8, 4) is 32.4 Å². The molecule has 0 saturated carbocycles. The molecule has 0 fully saturated rings. The summed E-state index contributed by atoms with van der Waals surface area (Å²) in [5.74, 6) is 0.452. The van der Waals surface area contributed by atoms with Gasteiger partial charge in [0.05, 0.1) is 12.8 Å². The van der Waals surface area contributed by atoms with Gasteiger partial charge >= 0.3 is 12.2 Å². The van der Waals surface area contributed by atoms with Crippen LogP contribution in [0.3, 0.4) is 0 Å². The number of hydrogen-bond donors (Lipinski definition) is 0. The van der Waals surface area contributed by atoms with Gasteiger partial charge in [-0.3, -0.25) is 0 Å². The monoisotopic (exact) mass is 718 g/mol. The molecular weight excluding hydrogens is 665 g/mol. The lowest BCUT2D eigenvalue weighted by Gasteiger charge is -2.18. The first-order chi connectivity index (χ1) is 23.6. The van der Waals surface area contributed by atoms with E-state index in [-0.39, 0.29) is 24.3 Å². The maximum atomic E-state index is 13.9. The van der Waals surface area contributed by atoms with E-state index in [1.54, 1.807) is 46.9 Å². The van der Waals surface area contributed by atoms with E-state index < -0.39 is 12.2 Å². The van der Waals surface area contributed by atoms with Crippen LogP contribution in [0.15, 0.2) is 78.2 Å². The van der Waals surface area contributed by atoms with Crippen molar-refractivity contribution in [2.75, 3.05) is 0 Å². The van der Waals surface area contributed by atoms with Crippen LogP contribution >= 0.6 is 22.7 Å². The lowest BCUT2D eigenvalue weighted by Crippen LogP contribution is -2.24. The summed E-state index contributed by atoms with van der Waals surface area (Å²) >= 11 is 3.32. The minimum Gasteiger partial charge on any atom is -0.433 e. The molecule has 270 valence electrons. The van der Waals surface area contributed by atoms with Gasteiger partial charge in [0.2, 0.25) is 0 Å². The molecule has 4 rings (SSSR count). The molecule has 4 aromatic rings. The third kappa shape index (κ3) is 16.6. The number of halogens is 4. The zero-order valence-electron chi connectivity index (χ0n) is 29.5. The van der Waals surface area contributed by atoms with Gasteiger partial charge in [0.15, 0.2) is 0 Å². The van der Waals surface area contributed by atoms with Crippen molar-refractivity contribution in [2.24, 2.45) is 0 Å². The first-order valence-electron chi connectivity index (χ1n) is 18.1. The molecular formula is C41H54F4O2S2. The minimum atomic E-state index is -3.09. The summed E-state index contributed by atoms with van der Waals surface area (Å²) < 4.78 is 65.5. The van der Waals surface area contributed by atoms with Gasteiger partial charge in [0.1, 0.15) is 11.5 Å². The van der Waals surface area contributed by atoms with Crippen LogP contribution in [0.1, 0.15) is 121 Å². The van der Waals surface area contributed by atoms with Crippen molar-refractivity contribution in [3.63, 3.8) is 0 Å². The summed E-state index contributed by atoms with van der Waals surface area (Å²) in [5, 5.41) is 2.00. The first-order valence-corrected chi connectivity index (χ1v) is 19.7. The van der Waals surface area contributed by atoms with E-state index in [9.17, 15) is 17.6 Å². The van der Waals surface area contributed by atoms with Crippen LogP contribution < -0.4 is 9.47 Å². The van der Waals surface area contributed by atoms with E-state index in [1.165, 1.54) is 43.4 Å². The molecule has 0 aliphatic rings. The van der Waals surface area contributed by atoms with Gasteiger partial charge in [-0.05, 0) is 103 Å². The molecule has 0 unspecified atom stereocenters. The van der Waals surface area contributed by atoms with E-state index in [0.29, 0.717) is 12.8 Å². The smallest absolute Gasteiger partial charge is 0.397 e. The summed E-state index contributed by atoms with van der Waals surface area (Å²) in [7, 11) is 0. The summed E-state index contributed by atoms with van der Waals surface area (Å²) in [4.78, 5) is 3.49. The number of ether oxygens (including phenoxy) is 2. The maximum Gasteiger partial charge on any atom is 0.397 e. The standard InChI is InChI=1S/C21H28F2OS.C20H26F2OS/c1-3-4-5-6-7-8-9-16-21(22,23)24-19-13-11-18(12-14-19)20-15-10-17(2)25-20;1-2-3-4-5-6-7-8-15-20(21,22)23-18-13-11-17(12-14-18)19-10-9-16-24-19/h10-15H,3-9,16H2,1-2H3;9-14,16H,2-8,15H2,1H3. The van der Waals surface area contributed by atoms with Crippen molar-refractivity contribution in [1.29, 1.82) is 0 Å². The van der Waals surface area contributed by atoms with Crippen molar-refractivity contribution in [2.45, 2.75) is 136 Å². The molecule has 0 saturated heterocycles. The van der Waals surface area contributed by atoms with E-state index in [4.69, 9.17) is 9.47 Å². The van der Waals surface area contributed by atoms with Gasteiger partial charge in [-0.25, -0.2) is 0 Å². The molecule has 8 heteroatoms. The second-order valence-electron chi connectivity index (χ2n) is 12.7. The van der Waals surface area contributed by atoms with Crippen LogP contribution in [-0.2, 0) is 0 Å². The topological polar surface area (TPSA) is 18.5 Å². The summed E-state index contributed by atoms with van der Waals surface area (Å²) in [6, 6.07) is 21.9. The lowest BCUT2D eigenvalue weighted by molar-refractivity contribution is -0.182. The van der Waals surface area contributed by atoms with Gasteiger partial charge in [0, 0.05) is 14.6 Å². The Morgan fingerprint density at radius 3 is 1.33 bits per heavy atom. The predicted molar refractivity (Wildman–Crippen MR) is 201 cm³/mol. The molecule has 0 bridgehead atoms. The van der Waals surface area contributed by atoms with Crippen LogP contribution in [-0.4, -0.2) is 12.2 Å². The number of benzene rings is 2. The van der Waals surface area contributed by atoms with Crippen LogP contribution in [0.4, 0.5) is 17.6 Å². The van der Waals surface area contributed by atoms with Crippen molar-refractivity contribution in [3.05, 3.63) is 83.1 Å². The number of alkyl halides is 4. The van der Waals surface area contributed by atoms with Crippen LogP contribution in [0.25, 0.3) is 20.9 Å². The average Bonchev–Trinajstić information content (AvgIpc) is 3.77. The quantitative estimate of drug-likeness (QED) is 0.0595. The Bertz CT molecular complexity index is 1400. The van der Waals surface area contributed by atoms with Gasteiger partial charge in [-0.2, -0.15) is 17.6 Å². The fraction of sp³-hybridized carbons (Fsp3) is 0.512. The van der Waals surface area contributed by atoms with Gasteiger partial charge < -0.3 is 9.47 Å². The fourth-order valence-electron chi connectivity index (χ4n) is 5.43. The second kappa shape index (κ2) is 22.1. The number of hydrogen-bond acceptors (Lipinski definition) is 4. The molecule has 2 aromatic carbocycles. The molecule has 0 aliphatic heterocycles. The Kier molecular flexibility index (Phi) is 18.3. The SMILES string of the molecule is CCCCCCCCCC(F)(F)Oc1ccc(-c2ccc(C)s2)cc1.CCCCCCCCCC(F)(F)Oc1ccc(-c2cccs2)cc1. The molecule has 0 aliphatic carbocycles. The number of unbranched alkanes of at least 4 members (excludes halogenated alkanes) is 12. The Labute approximate surface area is 299 Å². The normalized spacial score (nSPS) is 11.7. The zero-order chi connectivity index (χ0) is 35.4. The highest BCUT2D eigenvalue weighted by atomic mass is 32.1. The second-order valence-corrected chi connectivity index (χ2v) is 14.9. The molecule has 0 atom stereocenters. The van der Waals surface area contributed by atoms with E-state index >= 15 is 0 Å². The highest BCUT2D eigenvalue weighted by Crippen LogP contribution is 2.33. The highest BCUT2D eigenvalue weighted by molar-refractivity contribution is 7.15. The van der Waals surface area contributed by atoms with E-state index in [0.717, 1.165) is 59.4 Å². The van der Waals surface area contributed by atoms with Crippen LogP contribution in [0, 0.1) is 6.92 Å². The van der Waals surface area contributed by atoms with E-state index in [2.05, 4.69) is 26.8 Å². The first kappa shape index (κ1) is 40.6. The molecule has 2 nitrogen and oxygen atoms in total. The number of thiophene rings is 2. The van der Waals surface area contributed by atoms with Gasteiger partial charge in [-0.1, -0.05) is 97.0 Å². The summed E-state index contributed by atoms with van der Waals surface area (Å²) in [6.45, 7) is 6.40.